The average molecular weight is 337 g/mol. The van der Waals surface area contributed by atoms with Crippen molar-refractivity contribution in [1.82, 2.24) is 10.4 Å². The zero-order valence-corrected chi connectivity index (χ0v) is 14.1. The maximum atomic E-state index is 12.2. The highest BCUT2D eigenvalue weighted by molar-refractivity contribution is 5.98. The van der Waals surface area contributed by atoms with Crippen LogP contribution in [0.15, 0.2) is 53.6 Å². The fourth-order valence-electron chi connectivity index (χ4n) is 2.40. The van der Waals surface area contributed by atoms with Crippen molar-refractivity contribution in [2.24, 2.45) is 5.10 Å². The molecule has 0 saturated heterocycles. The summed E-state index contributed by atoms with van der Waals surface area (Å²) in [7, 11) is 1.60. The summed E-state index contributed by atoms with van der Waals surface area (Å²) in [5.41, 5.74) is 4.65. The number of rotatable bonds is 6. The van der Waals surface area contributed by atoms with Gasteiger partial charge in [-0.1, -0.05) is 0 Å². The molecule has 6 heteroatoms. The van der Waals surface area contributed by atoms with E-state index < -0.39 is 0 Å². The monoisotopic (exact) mass is 337 g/mol. The van der Waals surface area contributed by atoms with Gasteiger partial charge in [0.25, 0.3) is 5.91 Å². The number of H-pyrrole nitrogens is 1. The summed E-state index contributed by atoms with van der Waals surface area (Å²) in [4.78, 5) is 15.2. The van der Waals surface area contributed by atoms with Crippen molar-refractivity contribution < 1.29 is 14.3 Å². The minimum Gasteiger partial charge on any atom is -0.497 e. The SMILES string of the molecule is CCOc1ccc(C=NNC(=O)c2cc3ccc(OC)cc3[nH]2)cc1. The van der Waals surface area contributed by atoms with Gasteiger partial charge in [0, 0.05) is 17.0 Å². The second kappa shape index (κ2) is 7.53. The summed E-state index contributed by atoms with van der Waals surface area (Å²) in [6.45, 7) is 2.56. The lowest BCUT2D eigenvalue weighted by molar-refractivity contribution is 0.0951. The third-order valence-electron chi connectivity index (χ3n) is 3.65. The Morgan fingerprint density at radius 2 is 1.92 bits per heavy atom. The van der Waals surface area contributed by atoms with E-state index in [1.165, 1.54) is 0 Å². The topological polar surface area (TPSA) is 75.7 Å². The van der Waals surface area contributed by atoms with E-state index in [1.54, 1.807) is 19.4 Å². The van der Waals surface area contributed by atoms with Gasteiger partial charge in [-0.3, -0.25) is 4.79 Å². The number of aromatic nitrogens is 1. The number of benzene rings is 2. The zero-order valence-electron chi connectivity index (χ0n) is 14.1. The number of carbonyl (C=O) groups excluding carboxylic acids is 1. The maximum absolute atomic E-state index is 12.2. The first-order chi connectivity index (χ1) is 12.2. The summed E-state index contributed by atoms with van der Waals surface area (Å²) in [6.07, 6.45) is 1.58. The van der Waals surface area contributed by atoms with Crippen LogP contribution in [-0.4, -0.2) is 30.8 Å². The number of amides is 1. The smallest absolute Gasteiger partial charge is 0.287 e. The molecule has 3 rings (SSSR count). The summed E-state index contributed by atoms with van der Waals surface area (Å²) in [5, 5.41) is 4.92. The van der Waals surface area contributed by atoms with Crippen LogP contribution in [0.25, 0.3) is 10.9 Å². The van der Waals surface area contributed by atoms with Crippen molar-refractivity contribution in [2.75, 3.05) is 13.7 Å². The molecule has 0 unspecified atom stereocenters. The largest absolute Gasteiger partial charge is 0.497 e. The number of ether oxygens (including phenoxy) is 2. The molecule has 6 nitrogen and oxygen atoms in total. The van der Waals surface area contributed by atoms with E-state index in [0.717, 1.165) is 28.0 Å². The highest BCUT2D eigenvalue weighted by Crippen LogP contribution is 2.21. The fourth-order valence-corrected chi connectivity index (χ4v) is 2.40. The molecule has 2 N–H and O–H groups in total. The Balaban J connectivity index is 1.65. The Morgan fingerprint density at radius 1 is 1.16 bits per heavy atom. The number of carbonyl (C=O) groups is 1. The van der Waals surface area contributed by atoms with Crippen molar-refractivity contribution in [2.45, 2.75) is 6.92 Å². The van der Waals surface area contributed by atoms with Gasteiger partial charge in [0.1, 0.15) is 17.2 Å². The maximum Gasteiger partial charge on any atom is 0.287 e. The van der Waals surface area contributed by atoms with Crippen LogP contribution in [0, 0.1) is 0 Å². The van der Waals surface area contributed by atoms with E-state index in [-0.39, 0.29) is 5.91 Å². The number of hydrazone groups is 1. The molecule has 0 atom stereocenters. The van der Waals surface area contributed by atoms with Crippen LogP contribution in [0.1, 0.15) is 23.0 Å². The summed E-state index contributed by atoms with van der Waals surface area (Å²) in [5.74, 6) is 1.23. The molecular weight excluding hydrogens is 318 g/mol. The quantitative estimate of drug-likeness (QED) is 0.535. The van der Waals surface area contributed by atoms with Gasteiger partial charge in [-0.2, -0.15) is 5.10 Å². The Bertz CT molecular complexity index is 898. The normalized spacial score (nSPS) is 11.0. The molecule has 0 bridgehead atoms. The Kier molecular flexibility index (Phi) is 4.99. The summed E-state index contributed by atoms with van der Waals surface area (Å²) < 4.78 is 10.6. The molecule has 128 valence electrons. The van der Waals surface area contributed by atoms with E-state index in [9.17, 15) is 4.79 Å². The van der Waals surface area contributed by atoms with E-state index >= 15 is 0 Å². The molecule has 1 heterocycles. The molecule has 25 heavy (non-hydrogen) atoms. The Labute approximate surface area is 145 Å². The van der Waals surface area contributed by atoms with Gasteiger partial charge < -0.3 is 14.5 Å². The number of aromatic amines is 1. The molecule has 2 aromatic carbocycles. The Morgan fingerprint density at radius 3 is 2.64 bits per heavy atom. The first-order valence-electron chi connectivity index (χ1n) is 7.92. The number of methoxy groups -OCH3 is 1. The molecule has 1 amide bonds. The number of nitrogens with zero attached hydrogens (tertiary/aromatic N) is 1. The molecule has 0 aliphatic carbocycles. The molecule has 0 aliphatic rings. The lowest BCUT2D eigenvalue weighted by Gasteiger charge is -2.02. The third kappa shape index (κ3) is 3.98. The molecule has 3 aromatic rings. The van der Waals surface area contributed by atoms with Crippen LogP contribution in [0.4, 0.5) is 0 Å². The van der Waals surface area contributed by atoms with E-state index in [1.807, 2.05) is 49.4 Å². The van der Waals surface area contributed by atoms with Gasteiger partial charge in [0.05, 0.1) is 19.9 Å². The highest BCUT2D eigenvalue weighted by atomic mass is 16.5. The van der Waals surface area contributed by atoms with Gasteiger partial charge in [0.2, 0.25) is 0 Å². The van der Waals surface area contributed by atoms with E-state index in [2.05, 4.69) is 15.5 Å². The zero-order chi connectivity index (χ0) is 17.6. The number of hydrogen-bond acceptors (Lipinski definition) is 4. The minimum absolute atomic E-state index is 0.308. The van der Waals surface area contributed by atoms with Crippen molar-refractivity contribution in [3.63, 3.8) is 0 Å². The first-order valence-corrected chi connectivity index (χ1v) is 7.92. The predicted molar refractivity (Wildman–Crippen MR) is 97.5 cm³/mol. The first kappa shape index (κ1) is 16.6. The van der Waals surface area contributed by atoms with Crippen LogP contribution < -0.4 is 14.9 Å². The van der Waals surface area contributed by atoms with E-state index in [4.69, 9.17) is 9.47 Å². The molecule has 0 fully saturated rings. The molecule has 0 spiro atoms. The second-order valence-corrected chi connectivity index (χ2v) is 5.34. The van der Waals surface area contributed by atoms with Crippen LogP contribution >= 0.6 is 0 Å². The van der Waals surface area contributed by atoms with Gasteiger partial charge >= 0.3 is 0 Å². The van der Waals surface area contributed by atoms with Crippen molar-refractivity contribution in [3.8, 4) is 11.5 Å². The fraction of sp³-hybridized carbons (Fsp3) is 0.158. The highest BCUT2D eigenvalue weighted by Gasteiger charge is 2.09. The minimum atomic E-state index is -0.308. The molecule has 0 aliphatic heterocycles. The Hall–Kier alpha value is -3.28. The number of fused-ring (bicyclic) bond motifs is 1. The average Bonchev–Trinajstić information content (AvgIpc) is 3.06. The molecule has 0 saturated carbocycles. The van der Waals surface area contributed by atoms with Crippen molar-refractivity contribution in [3.05, 3.63) is 59.8 Å². The van der Waals surface area contributed by atoms with Crippen LogP contribution in [0.2, 0.25) is 0 Å². The summed E-state index contributed by atoms with van der Waals surface area (Å²) >= 11 is 0. The molecule has 0 radical (unpaired) electrons. The van der Waals surface area contributed by atoms with Crippen molar-refractivity contribution >= 4 is 23.0 Å². The number of hydrogen-bond donors (Lipinski definition) is 2. The van der Waals surface area contributed by atoms with Gasteiger partial charge in [0.15, 0.2) is 0 Å². The lowest BCUT2D eigenvalue weighted by Crippen LogP contribution is -2.17. The third-order valence-corrected chi connectivity index (χ3v) is 3.65. The van der Waals surface area contributed by atoms with Gasteiger partial charge in [-0.05, 0) is 55.0 Å². The molecular formula is C19H19N3O3. The van der Waals surface area contributed by atoms with Crippen LogP contribution in [-0.2, 0) is 0 Å². The van der Waals surface area contributed by atoms with Gasteiger partial charge in [-0.15, -0.1) is 0 Å². The standard InChI is InChI=1S/C19H19N3O3/c1-3-25-15-7-4-13(5-8-15)12-20-22-19(23)18-10-14-6-9-16(24-2)11-17(14)21-18/h4-12,21H,3H2,1-2H3,(H,22,23). The predicted octanol–water partition coefficient (Wildman–Crippen LogP) is 3.34. The number of nitrogens with one attached hydrogen (secondary N) is 2. The second-order valence-electron chi connectivity index (χ2n) is 5.34. The van der Waals surface area contributed by atoms with Crippen LogP contribution in [0.5, 0.6) is 11.5 Å². The van der Waals surface area contributed by atoms with Gasteiger partial charge in [-0.25, -0.2) is 5.43 Å². The van der Waals surface area contributed by atoms with E-state index in [0.29, 0.717) is 12.3 Å². The van der Waals surface area contributed by atoms with Crippen LogP contribution in [0.3, 0.4) is 0 Å². The lowest BCUT2D eigenvalue weighted by atomic mass is 10.2. The van der Waals surface area contributed by atoms with Crippen molar-refractivity contribution in [1.29, 1.82) is 0 Å². The summed E-state index contributed by atoms with van der Waals surface area (Å²) in [6, 6.07) is 14.8. The molecule has 1 aromatic heterocycles.